The molecule has 6 nitrogen and oxygen atoms in total. The molecule has 0 spiro atoms. The van der Waals surface area contributed by atoms with Crippen LogP contribution in [0.15, 0.2) is 67.3 Å². The predicted octanol–water partition coefficient (Wildman–Crippen LogP) is 2.88. The van der Waals surface area contributed by atoms with Crippen molar-refractivity contribution in [1.29, 1.82) is 0 Å². The fourth-order valence-corrected chi connectivity index (χ4v) is 4.04. The zero-order chi connectivity index (χ0) is 17.5. The van der Waals surface area contributed by atoms with Crippen molar-refractivity contribution in [1.82, 2.24) is 19.4 Å². The highest BCUT2D eigenvalue weighted by Crippen LogP contribution is 2.34. The van der Waals surface area contributed by atoms with Crippen LogP contribution < -0.4 is 4.90 Å². The minimum atomic E-state index is 0.00727. The van der Waals surface area contributed by atoms with Gasteiger partial charge in [-0.25, -0.2) is 14.8 Å². The van der Waals surface area contributed by atoms with Crippen molar-refractivity contribution in [3.63, 3.8) is 0 Å². The van der Waals surface area contributed by atoms with E-state index in [0.717, 1.165) is 36.6 Å². The first-order chi connectivity index (χ1) is 12.8. The Morgan fingerprint density at radius 3 is 2.54 bits per heavy atom. The second-order valence-electron chi connectivity index (χ2n) is 6.85. The average molecular weight is 345 g/mol. The van der Waals surface area contributed by atoms with Crippen LogP contribution in [0, 0.1) is 0 Å². The Morgan fingerprint density at radius 2 is 1.81 bits per heavy atom. The molecule has 6 heteroatoms. The third-order valence-electron chi connectivity index (χ3n) is 5.30. The SMILES string of the molecule is O=C(N1CC2CC1CN2c1ccccn1)n1cnc(-c2ccccc2)c1. The van der Waals surface area contributed by atoms with Crippen molar-refractivity contribution in [2.45, 2.75) is 18.5 Å². The van der Waals surface area contributed by atoms with Crippen LogP contribution in [0.2, 0.25) is 0 Å². The van der Waals surface area contributed by atoms with Crippen molar-refractivity contribution >= 4 is 11.8 Å². The molecule has 2 fully saturated rings. The molecule has 2 aliphatic heterocycles. The Hall–Kier alpha value is -3.15. The number of hydrogen-bond donors (Lipinski definition) is 0. The molecular weight excluding hydrogens is 326 g/mol. The lowest BCUT2D eigenvalue weighted by atomic mass is 10.2. The number of fused-ring (bicyclic) bond motifs is 2. The zero-order valence-corrected chi connectivity index (χ0v) is 14.3. The number of aromatic nitrogens is 3. The predicted molar refractivity (Wildman–Crippen MR) is 98.9 cm³/mol. The number of benzene rings is 1. The number of imidazole rings is 1. The topological polar surface area (TPSA) is 54.3 Å². The number of nitrogens with zero attached hydrogens (tertiary/aromatic N) is 5. The monoisotopic (exact) mass is 345 g/mol. The van der Waals surface area contributed by atoms with Crippen molar-refractivity contribution in [2.24, 2.45) is 0 Å². The number of anilines is 1. The van der Waals surface area contributed by atoms with Gasteiger partial charge in [0, 0.05) is 31.0 Å². The summed E-state index contributed by atoms with van der Waals surface area (Å²) in [7, 11) is 0. The smallest absolute Gasteiger partial charge is 0.329 e. The van der Waals surface area contributed by atoms with E-state index in [1.165, 1.54) is 0 Å². The fraction of sp³-hybridized carbons (Fsp3) is 0.250. The van der Waals surface area contributed by atoms with Crippen LogP contribution >= 0.6 is 0 Å². The van der Waals surface area contributed by atoms with Crippen LogP contribution in [0.3, 0.4) is 0 Å². The van der Waals surface area contributed by atoms with Gasteiger partial charge in [-0.05, 0) is 18.6 Å². The van der Waals surface area contributed by atoms with Crippen molar-refractivity contribution in [3.05, 3.63) is 67.3 Å². The number of hydrogen-bond acceptors (Lipinski definition) is 4. The van der Waals surface area contributed by atoms with Crippen LogP contribution in [0.4, 0.5) is 10.6 Å². The lowest BCUT2D eigenvalue weighted by Crippen LogP contribution is -2.50. The quantitative estimate of drug-likeness (QED) is 0.717. The molecule has 2 unspecified atom stereocenters. The zero-order valence-electron chi connectivity index (χ0n) is 14.3. The lowest BCUT2D eigenvalue weighted by Gasteiger charge is -2.34. The Bertz CT molecular complexity index is 924. The maximum atomic E-state index is 12.9. The van der Waals surface area contributed by atoms with E-state index in [9.17, 15) is 4.79 Å². The van der Waals surface area contributed by atoms with Gasteiger partial charge in [0.2, 0.25) is 0 Å². The third kappa shape index (κ3) is 2.45. The van der Waals surface area contributed by atoms with E-state index in [2.05, 4.69) is 14.9 Å². The van der Waals surface area contributed by atoms with Gasteiger partial charge < -0.3 is 9.80 Å². The maximum Gasteiger partial charge on any atom is 0.329 e. The van der Waals surface area contributed by atoms with E-state index in [4.69, 9.17) is 0 Å². The van der Waals surface area contributed by atoms with E-state index in [1.807, 2.05) is 65.8 Å². The molecular formula is C20H19N5O. The number of likely N-dealkylation sites (tertiary alicyclic amines) is 1. The highest BCUT2D eigenvalue weighted by Gasteiger charge is 2.46. The molecule has 2 aliphatic rings. The minimum absolute atomic E-state index is 0.00727. The Morgan fingerprint density at radius 1 is 0.962 bits per heavy atom. The van der Waals surface area contributed by atoms with Crippen molar-refractivity contribution in [2.75, 3.05) is 18.0 Å². The summed E-state index contributed by atoms with van der Waals surface area (Å²) >= 11 is 0. The van der Waals surface area contributed by atoms with Gasteiger partial charge in [-0.1, -0.05) is 36.4 Å². The molecule has 0 radical (unpaired) electrons. The molecule has 26 heavy (non-hydrogen) atoms. The second kappa shape index (κ2) is 5.98. The summed E-state index contributed by atoms with van der Waals surface area (Å²) < 4.78 is 1.61. The van der Waals surface area contributed by atoms with Gasteiger partial charge >= 0.3 is 6.03 Å². The molecule has 0 saturated carbocycles. The molecule has 1 aromatic carbocycles. The number of carbonyl (C=O) groups excluding carboxylic acids is 1. The summed E-state index contributed by atoms with van der Waals surface area (Å²) in [6.45, 7) is 1.58. The van der Waals surface area contributed by atoms with E-state index in [1.54, 1.807) is 10.9 Å². The summed E-state index contributed by atoms with van der Waals surface area (Å²) in [5, 5.41) is 0. The molecule has 4 heterocycles. The number of amides is 1. The van der Waals surface area contributed by atoms with Gasteiger partial charge in [-0.3, -0.25) is 4.57 Å². The van der Waals surface area contributed by atoms with E-state index >= 15 is 0 Å². The molecule has 1 amide bonds. The lowest BCUT2D eigenvalue weighted by molar-refractivity contribution is 0.190. The summed E-state index contributed by atoms with van der Waals surface area (Å²) in [6, 6.07) is 16.5. The van der Waals surface area contributed by atoms with Crippen LogP contribution in [-0.2, 0) is 0 Å². The fourth-order valence-electron chi connectivity index (χ4n) is 4.04. The standard InChI is InChI=1S/C20H19N5O/c26-20(23-13-18(22-14-23)15-6-2-1-3-7-15)25-12-16-10-17(25)11-24(16)19-8-4-5-9-21-19/h1-9,13-14,16-17H,10-12H2. The van der Waals surface area contributed by atoms with Gasteiger partial charge in [0.05, 0.1) is 17.8 Å². The molecule has 0 aliphatic carbocycles. The highest BCUT2D eigenvalue weighted by atomic mass is 16.2. The number of piperazine rings is 1. The third-order valence-corrected chi connectivity index (χ3v) is 5.30. The average Bonchev–Trinajstić information content (AvgIpc) is 3.44. The molecule has 0 N–H and O–H groups in total. The Balaban J connectivity index is 1.32. The molecule has 130 valence electrons. The highest BCUT2D eigenvalue weighted by molar-refractivity contribution is 5.79. The Kier molecular flexibility index (Phi) is 3.48. The number of pyridine rings is 1. The van der Waals surface area contributed by atoms with Gasteiger partial charge in [0.25, 0.3) is 0 Å². The van der Waals surface area contributed by atoms with Crippen molar-refractivity contribution in [3.8, 4) is 11.3 Å². The molecule has 2 bridgehead atoms. The van der Waals surface area contributed by atoms with E-state index in [-0.39, 0.29) is 12.1 Å². The molecule has 2 atom stereocenters. The molecule has 2 aromatic heterocycles. The van der Waals surface area contributed by atoms with Crippen LogP contribution in [0.1, 0.15) is 6.42 Å². The van der Waals surface area contributed by atoms with Gasteiger partial charge in [-0.2, -0.15) is 0 Å². The minimum Gasteiger partial charge on any atom is -0.350 e. The van der Waals surface area contributed by atoms with Crippen molar-refractivity contribution < 1.29 is 4.79 Å². The van der Waals surface area contributed by atoms with Gasteiger partial charge in [-0.15, -0.1) is 0 Å². The first kappa shape index (κ1) is 15.1. The van der Waals surface area contributed by atoms with Crippen LogP contribution in [0.25, 0.3) is 11.3 Å². The largest absolute Gasteiger partial charge is 0.350 e. The maximum absolute atomic E-state index is 12.9. The van der Waals surface area contributed by atoms with Gasteiger partial charge in [0.15, 0.2) is 0 Å². The number of carbonyl (C=O) groups is 1. The van der Waals surface area contributed by atoms with E-state index < -0.39 is 0 Å². The van der Waals surface area contributed by atoms with Crippen LogP contribution in [-0.4, -0.2) is 50.6 Å². The van der Waals surface area contributed by atoms with Crippen LogP contribution in [0.5, 0.6) is 0 Å². The molecule has 5 rings (SSSR count). The second-order valence-corrected chi connectivity index (χ2v) is 6.85. The first-order valence-corrected chi connectivity index (χ1v) is 8.87. The summed E-state index contributed by atoms with van der Waals surface area (Å²) in [6.07, 6.45) is 6.26. The normalized spacial score (nSPS) is 21.4. The Labute approximate surface area is 151 Å². The van der Waals surface area contributed by atoms with Gasteiger partial charge in [0.1, 0.15) is 12.1 Å². The molecule has 3 aromatic rings. The van der Waals surface area contributed by atoms with E-state index in [0.29, 0.717) is 6.04 Å². The summed E-state index contributed by atoms with van der Waals surface area (Å²) in [5.41, 5.74) is 1.83. The summed E-state index contributed by atoms with van der Waals surface area (Å²) in [5.74, 6) is 1.00. The first-order valence-electron chi connectivity index (χ1n) is 8.87. The summed E-state index contributed by atoms with van der Waals surface area (Å²) in [4.78, 5) is 26.1. The molecule has 2 saturated heterocycles. The number of rotatable bonds is 2.